The maximum Gasteiger partial charge on any atom is 0.313 e. The number of hydrogen-bond donors (Lipinski definition) is 2. The molecule has 0 aliphatic heterocycles. The van der Waals surface area contributed by atoms with E-state index in [2.05, 4.69) is 24.5 Å². The van der Waals surface area contributed by atoms with E-state index in [4.69, 9.17) is 11.6 Å². The SMILES string of the molecule is CC(C)c1ccc(NC(=O)C(=O)NCc2cccc(Cl)c2)cc1. The summed E-state index contributed by atoms with van der Waals surface area (Å²) in [6, 6.07) is 14.6. The van der Waals surface area contributed by atoms with Crippen molar-refractivity contribution in [3.63, 3.8) is 0 Å². The number of anilines is 1. The van der Waals surface area contributed by atoms with Crippen molar-refractivity contribution in [1.29, 1.82) is 0 Å². The molecule has 0 atom stereocenters. The van der Waals surface area contributed by atoms with Crippen molar-refractivity contribution in [1.82, 2.24) is 5.32 Å². The van der Waals surface area contributed by atoms with Gasteiger partial charge in [-0.05, 0) is 41.3 Å². The normalized spacial score (nSPS) is 10.4. The lowest BCUT2D eigenvalue weighted by molar-refractivity contribution is -0.136. The first-order valence-corrected chi connectivity index (χ1v) is 7.77. The number of nitrogens with one attached hydrogen (secondary N) is 2. The van der Waals surface area contributed by atoms with Crippen molar-refractivity contribution in [2.45, 2.75) is 26.3 Å². The summed E-state index contributed by atoms with van der Waals surface area (Å²) in [7, 11) is 0. The summed E-state index contributed by atoms with van der Waals surface area (Å²) in [6.45, 7) is 4.44. The number of carbonyl (C=O) groups is 2. The highest BCUT2D eigenvalue weighted by molar-refractivity contribution is 6.39. The summed E-state index contributed by atoms with van der Waals surface area (Å²) in [5, 5.41) is 5.73. The molecule has 0 bridgehead atoms. The molecule has 0 aliphatic rings. The third kappa shape index (κ3) is 5.11. The predicted octanol–water partition coefficient (Wildman–Crippen LogP) is 3.72. The highest BCUT2D eigenvalue weighted by Crippen LogP contribution is 2.17. The van der Waals surface area contributed by atoms with Gasteiger partial charge in [0.15, 0.2) is 0 Å². The van der Waals surface area contributed by atoms with Crippen LogP contribution in [0.3, 0.4) is 0 Å². The van der Waals surface area contributed by atoms with Gasteiger partial charge in [0.25, 0.3) is 0 Å². The van der Waals surface area contributed by atoms with Gasteiger partial charge in [-0.2, -0.15) is 0 Å². The van der Waals surface area contributed by atoms with Crippen LogP contribution in [0.1, 0.15) is 30.9 Å². The Morgan fingerprint density at radius 2 is 1.74 bits per heavy atom. The molecule has 0 saturated heterocycles. The number of carbonyl (C=O) groups excluding carboxylic acids is 2. The Kier molecular flexibility index (Phi) is 5.77. The number of benzene rings is 2. The van der Waals surface area contributed by atoms with Crippen LogP contribution in [0, 0.1) is 0 Å². The molecule has 2 aromatic rings. The van der Waals surface area contributed by atoms with E-state index in [0.717, 1.165) is 5.56 Å². The topological polar surface area (TPSA) is 58.2 Å². The van der Waals surface area contributed by atoms with Crippen molar-refractivity contribution >= 4 is 29.1 Å². The smallest absolute Gasteiger partial charge is 0.313 e. The van der Waals surface area contributed by atoms with Crippen LogP contribution in [0.25, 0.3) is 0 Å². The average molecular weight is 331 g/mol. The lowest BCUT2D eigenvalue weighted by Gasteiger charge is -2.09. The van der Waals surface area contributed by atoms with Crippen LogP contribution in [0.4, 0.5) is 5.69 Å². The van der Waals surface area contributed by atoms with E-state index in [9.17, 15) is 9.59 Å². The first kappa shape index (κ1) is 17.0. The van der Waals surface area contributed by atoms with Crippen LogP contribution in [0.5, 0.6) is 0 Å². The highest BCUT2D eigenvalue weighted by atomic mass is 35.5. The van der Waals surface area contributed by atoms with Crippen molar-refractivity contribution in [2.24, 2.45) is 0 Å². The summed E-state index contributed by atoms with van der Waals surface area (Å²) < 4.78 is 0. The monoisotopic (exact) mass is 330 g/mol. The Bertz CT molecular complexity index is 696. The number of hydrogen-bond acceptors (Lipinski definition) is 2. The molecule has 0 heterocycles. The van der Waals surface area contributed by atoms with E-state index in [0.29, 0.717) is 16.6 Å². The van der Waals surface area contributed by atoms with Crippen molar-refractivity contribution in [2.75, 3.05) is 5.32 Å². The molecule has 0 spiro atoms. The van der Waals surface area contributed by atoms with E-state index < -0.39 is 11.8 Å². The zero-order chi connectivity index (χ0) is 16.8. The van der Waals surface area contributed by atoms with Gasteiger partial charge in [0.2, 0.25) is 0 Å². The van der Waals surface area contributed by atoms with Gasteiger partial charge in [0.1, 0.15) is 0 Å². The molecule has 23 heavy (non-hydrogen) atoms. The number of rotatable bonds is 4. The molecular weight excluding hydrogens is 312 g/mol. The fourth-order valence-electron chi connectivity index (χ4n) is 2.05. The van der Waals surface area contributed by atoms with E-state index in [1.807, 2.05) is 18.2 Å². The minimum Gasteiger partial charge on any atom is -0.344 e. The minimum absolute atomic E-state index is 0.249. The van der Waals surface area contributed by atoms with E-state index in [1.165, 1.54) is 5.56 Å². The molecule has 0 aromatic heterocycles. The van der Waals surface area contributed by atoms with Crippen LogP contribution >= 0.6 is 11.6 Å². The zero-order valence-electron chi connectivity index (χ0n) is 13.1. The summed E-state index contributed by atoms with van der Waals surface area (Å²) in [5.41, 5.74) is 2.60. The molecular formula is C18H19ClN2O2. The van der Waals surface area contributed by atoms with Gasteiger partial charge < -0.3 is 10.6 Å². The molecule has 4 nitrogen and oxygen atoms in total. The largest absolute Gasteiger partial charge is 0.344 e. The molecule has 120 valence electrons. The molecule has 0 aliphatic carbocycles. The van der Waals surface area contributed by atoms with Crippen LogP contribution < -0.4 is 10.6 Å². The van der Waals surface area contributed by atoms with Gasteiger partial charge in [-0.25, -0.2) is 0 Å². The van der Waals surface area contributed by atoms with Gasteiger partial charge >= 0.3 is 11.8 Å². The standard InChI is InChI=1S/C18H19ClN2O2/c1-12(2)14-6-8-16(9-7-14)21-18(23)17(22)20-11-13-4-3-5-15(19)10-13/h3-10,12H,11H2,1-2H3,(H,20,22)(H,21,23). The lowest BCUT2D eigenvalue weighted by atomic mass is 10.0. The summed E-state index contributed by atoms with van der Waals surface area (Å²) in [4.78, 5) is 23.7. The van der Waals surface area contributed by atoms with Crippen LogP contribution in [-0.4, -0.2) is 11.8 Å². The Morgan fingerprint density at radius 3 is 2.35 bits per heavy atom. The molecule has 0 fully saturated rings. The maximum absolute atomic E-state index is 11.9. The fraction of sp³-hybridized carbons (Fsp3) is 0.222. The predicted molar refractivity (Wildman–Crippen MR) is 92.5 cm³/mol. The molecule has 2 amide bonds. The molecule has 2 rings (SSSR count). The third-order valence-electron chi connectivity index (χ3n) is 3.38. The maximum atomic E-state index is 11.9. The summed E-state index contributed by atoms with van der Waals surface area (Å²) >= 11 is 5.87. The molecule has 5 heteroatoms. The zero-order valence-corrected chi connectivity index (χ0v) is 13.9. The number of halogens is 1. The van der Waals surface area contributed by atoms with Crippen LogP contribution in [-0.2, 0) is 16.1 Å². The van der Waals surface area contributed by atoms with Crippen molar-refractivity contribution in [3.8, 4) is 0 Å². The number of amides is 2. The van der Waals surface area contributed by atoms with Gasteiger partial charge in [-0.1, -0.05) is 49.7 Å². The minimum atomic E-state index is -0.690. The van der Waals surface area contributed by atoms with Crippen LogP contribution in [0.2, 0.25) is 5.02 Å². The Hall–Kier alpha value is -2.33. The highest BCUT2D eigenvalue weighted by Gasteiger charge is 2.13. The lowest BCUT2D eigenvalue weighted by Crippen LogP contribution is -2.34. The van der Waals surface area contributed by atoms with E-state index in [-0.39, 0.29) is 6.54 Å². The van der Waals surface area contributed by atoms with Gasteiger partial charge in [-0.15, -0.1) is 0 Å². The van der Waals surface area contributed by atoms with E-state index in [1.54, 1.807) is 30.3 Å². The quantitative estimate of drug-likeness (QED) is 0.839. The van der Waals surface area contributed by atoms with Crippen molar-refractivity contribution in [3.05, 3.63) is 64.7 Å². The van der Waals surface area contributed by atoms with Crippen LogP contribution in [0.15, 0.2) is 48.5 Å². The third-order valence-corrected chi connectivity index (χ3v) is 3.62. The second-order valence-electron chi connectivity index (χ2n) is 5.54. The Balaban J connectivity index is 1.88. The van der Waals surface area contributed by atoms with Gasteiger partial charge in [-0.3, -0.25) is 9.59 Å². The summed E-state index contributed by atoms with van der Waals surface area (Å²) in [6.07, 6.45) is 0. The molecule has 2 N–H and O–H groups in total. The van der Waals surface area contributed by atoms with Gasteiger partial charge in [0, 0.05) is 17.3 Å². The fourth-order valence-corrected chi connectivity index (χ4v) is 2.26. The second-order valence-corrected chi connectivity index (χ2v) is 5.98. The van der Waals surface area contributed by atoms with Gasteiger partial charge in [0.05, 0.1) is 0 Å². The molecule has 0 saturated carbocycles. The first-order chi connectivity index (χ1) is 11.0. The molecule has 0 unspecified atom stereocenters. The van der Waals surface area contributed by atoms with Crippen molar-refractivity contribution < 1.29 is 9.59 Å². The summed E-state index contributed by atoms with van der Waals surface area (Å²) in [5.74, 6) is -0.956. The average Bonchev–Trinajstić information content (AvgIpc) is 2.53. The second kappa shape index (κ2) is 7.79. The molecule has 2 aromatic carbocycles. The first-order valence-electron chi connectivity index (χ1n) is 7.39. The Labute approximate surface area is 140 Å². The molecule has 0 radical (unpaired) electrons. The Morgan fingerprint density at radius 1 is 1.04 bits per heavy atom. The van der Waals surface area contributed by atoms with E-state index >= 15 is 0 Å².